The standard InChI is InChI=1S/C26H19F3N6O2/c1-30-24(36)23-13-18(7-10-32-23)37-17-5-6-21-22(12-17)35-25(34-21)33-16-4-2-3-15(11-16)19-8-9-31-14-20(19)26(27,28)29/h2-14H,1H3,(H,30,36)(H2,33,34,35). The van der Waals surface area contributed by atoms with Crippen LogP contribution in [0.3, 0.4) is 0 Å². The van der Waals surface area contributed by atoms with Crippen LogP contribution in [0.5, 0.6) is 11.5 Å². The summed E-state index contributed by atoms with van der Waals surface area (Å²) < 4.78 is 46.2. The maximum atomic E-state index is 13.4. The van der Waals surface area contributed by atoms with Crippen LogP contribution in [0.25, 0.3) is 22.2 Å². The first-order chi connectivity index (χ1) is 17.8. The van der Waals surface area contributed by atoms with Crippen molar-refractivity contribution in [3.8, 4) is 22.6 Å². The lowest BCUT2D eigenvalue weighted by Gasteiger charge is -2.13. The highest BCUT2D eigenvalue weighted by molar-refractivity contribution is 5.92. The van der Waals surface area contributed by atoms with Crippen molar-refractivity contribution in [2.75, 3.05) is 12.4 Å². The number of nitrogens with zero attached hydrogens (tertiary/aromatic N) is 3. The van der Waals surface area contributed by atoms with Gasteiger partial charge < -0.3 is 20.4 Å². The number of H-pyrrole nitrogens is 1. The van der Waals surface area contributed by atoms with E-state index in [1.165, 1.54) is 31.6 Å². The highest BCUT2D eigenvalue weighted by Crippen LogP contribution is 2.37. The molecule has 186 valence electrons. The molecule has 3 aromatic heterocycles. The lowest BCUT2D eigenvalue weighted by Crippen LogP contribution is -2.18. The second-order valence-corrected chi connectivity index (χ2v) is 7.95. The number of carbonyl (C=O) groups excluding carboxylic acids is 1. The van der Waals surface area contributed by atoms with E-state index in [0.717, 1.165) is 11.7 Å². The summed E-state index contributed by atoms with van der Waals surface area (Å²) in [6, 6.07) is 16.4. The van der Waals surface area contributed by atoms with E-state index >= 15 is 0 Å². The van der Waals surface area contributed by atoms with Gasteiger partial charge in [-0.05, 0) is 47.5 Å². The summed E-state index contributed by atoms with van der Waals surface area (Å²) in [5, 5.41) is 5.61. The molecule has 0 aliphatic carbocycles. The van der Waals surface area contributed by atoms with E-state index in [4.69, 9.17) is 4.74 Å². The maximum Gasteiger partial charge on any atom is 0.418 e. The van der Waals surface area contributed by atoms with Crippen LogP contribution in [0.1, 0.15) is 16.1 Å². The Morgan fingerprint density at radius 3 is 2.65 bits per heavy atom. The summed E-state index contributed by atoms with van der Waals surface area (Å²) >= 11 is 0. The fraction of sp³-hybridized carbons (Fsp3) is 0.0769. The van der Waals surface area contributed by atoms with E-state index in [1.54, 1.807) is 48.5 Å². The van der Waals surface area contributed by atoms with Crippen LogP contribution < -0.4 is 15.4 Å². The van der Waals surface area contributed by atoms with Gasteiger partial charge in [-0.1, -0.05) is 12.1 Å². The molecule has 0 spiro atoms. The second kappa shape index (κ2) is 9.61. The number of benzene rings is 2. The average molecular weight is 504 g/mol. The molecule has 0 fully saturated rings. The van der Waals surface area contributed by atoms with E-state index in [0.29, 0.717) is 34.2 Å². The number of aromatic amines is 1. The molecule has 5 rings (SSSR count). The molecule has 0 radical (unpaired) electrons. The molecule has 5 aromatic rings. The van der Waals surface area contributed by atoms with Gasteiger partial charge in [0, 0.05) is 43.5 Å². The Balaban J connectivity index is 1.37. The van der Waals surface area contributed by atoms with Gasteiger partial charge in [-0.3, -0.25) is 14.8 Å². The molecule has 37 heavy (non-hydrogen) atoms. The minimum absolute atomic E-state index is 0.0354. The van der Waals surface area contributed by atoms with E-state index in [2.05, 4.69) is 30.6 Å². The summed E-state index contributed by atoms with van der Waals surface area (Å²) in [4.78, 5) is 27.1. The molecular formula is C26H19F3N6O2. The van der Waals surface area contributed by atoms with Crippen molar-refractivity contribution >= 4 is 28.6 Å². The number of rotatable bonds is 6. The molecule has 0 unspecified atom stereocenters. The van der Waals surface area contributed by atoms with Crippen molar-refractivity contribution in [2.45, 2.75) is 6.18 Å². The first-order valence-electron chi connectivity index (χ1n) is 11.0. The minimum Gasteiger partial charge on any atom is -0.457 e. The van der Waals surface area contributed by atoms with Crippen molar-refractivity contribution in [2.24, 2.45) is 0 Å². The van der Waals surface area contributed by atoms with Gasteiger partial charge in [0.05, 0.1) is 16.6 Å². The molecule has 8 nitrogen and oxygen atoms in total. The van der Waals surface area contributed by atoms with Gasteiger partial charge in [0.25, 0.3) is 5.91 Å². The molecule has 0 saturated heterocycles. The maximum absolute atomic E-state index is 13.4. The first-order valence-corrected chi connectivity index (χ1v) is 11.0. The predicted molar refractivity (Wildman–Crippen MR) is 132 cm³/mol. The lowest BCUT2D eigenvalue weighted by molar-refractivity contribution is -0.137. The SMILES string of the molecule is CNC(=O)c1cc(Oc2ccc3[nH]c(Nc4cccc(-c5ccncc5C(F)(F)F)c4)nc3c2)ccn1. The van der Waals surface area contributed by atoms with Gasteiger partial charge in [0.15, 0.2) is 0 Å². The zero-order chi connectivity index (χ0) is 26.0. The smallest absolute Gasteiger partial charge is 0.418 e. The molecule has 3 N–H and O–H groups in total. The zero-order valence-corrected chi connectivity index (χ0v) is 19.3. The number of carbonyl (C=O) groups is 1. The number of hydrogen-bond acceptors (Lipinski definition) is 6. The predicted octanol–water partition coefficient (Wildman–Crippen LogP) is 5.93. The number of hydrogen-bond donors (Lipinski definition) is 3. The number of amides is 1. The summed E-state index contributed by atoms with van der Waals surface area (Å²) in [5.74, 6) is 1.01. The van der Waals surface area contributed by atoms with Gasteiger partial charge in [-0.2, -0.15) is 13.2 Å². The molecule has 2 aromatic carbocycles. The number of aromatic nitrogens is 4. The zero-order valence-electron chi connectivity index (χ0n) is 19.3. The third-order valence-corrected chi connectivity index (χ3v) is 5.44. The van der Waals surface area contributed by atoms with Gasteiger partial charge in [0.1, 0.15) is 17.2 Å². The topological polar surface area (TPSA) is 105 Å². The number of alkyl halides is 3. The largest absolute Gasteiger partial charge is 0.457 e. The number of halogens is 3. The summed E-state index contributed by atoms with van der Waals surface area (Å²) in [5.41, 5.74) is 1.72. The highest BCUT2D eigenvalue weighted by atomic mass is 19.4. The van der Waals surface area contributed by atoms with E-state index in [1.807, 2.05) is 0 Å². The Kier molecular flexibility index (Phi) is 6.18. The van der Waals surface area contributed by atoms with Crippen molar-refractivity contribution < 1.29 is 22.7 Å². The third-order valence-electron chi connectivity index (χ3n) is 5.44. The molecule has 0 aliphatic heterocycles. The molecule has 3 heterocycles. The molecule has 0 bridgehead atoms. The van der Waals surface area contributed by atoms with Crippen LogP contribution in [0.4, 0.5) is 24.8 Å². The lowest BCUT2D eigenvalue weighted by atomic mass is 10.0. The summed E-state index contributed by atoms with van der Waals surface area (Å²) in [7, 11) is 1.52. The Morgan fingerprint density at radius 1 is 1.00 bits per heavy atom. The third kappa shape index (κ3) is 5.20. The van der Waals surface area contributed by atoms with Crippen LogP contribution in [0.2, 0.25) is 0 Å². The molecular weight excluding hydrogens is 485 g/mol. The number of ether oxygens (including phenoxy) is 1. The van der Waals surface area contributed by atoms with Crippen LogP contribution >= 0.6 is 0 Å². The number of anilines is 2. The molecule has 0 saturated carbocycles. The Labute approximate surface area is 208 Å². The number of imidazole rings is 1. The van der Waals surface area contributed by atoms with Crippen LogP contribution in [-0.4, -0.2) is 32.9 Å². The van der Waals surface area contributed by atoms with Crippen LogP contribution in [0, 0.1) is 0 Å². The Hall–Kier alpha value is -4.93. The van der Waals surface area contributed by atoms with Crippen molar-refractivity contribution in [1.29, 1.82) is 0 Å². The Morgan fingerprint density at radius 2 is 1.84 bits per heavy atom. The average Bonchev–Trinajstić information content (AvgIpc) is 3.29. The first kappa shape index (κ1) is 23.8. The van der Waals surface area contributed by atoms with Crippen molar-refractivity contribution in [3.05, 3.63) is 90.5 Å². The fourth-order valence-electron chi connectivity index (χ4n) is 3.74. The van der Waals surface area contributed by atoms with Gasteiger partial charge in [-0.15, -0.1) is 0 Å². The molecule has 1 amide bonds. The quantitative estimate of drug-likeness (QED) is 0.265. The van der Waals surface area contributed by atoms with Crippen LogP contribution in [0.15, 0.2) is 79.3 Å². The van der Waals surface area contributed by atoms with Crippen LogP contribution in [-0.2, 0) is 6.18 Å². The number of fused-ring (bicyclic) bond motifs is 1. The molecule has 0 atom stereocenters. The normalized spacial score (nSPS) is 11.4. The van der Waals surface area contributed by atoms with Crippen molar-refractivity contribution in [3.63, 3.8) is 0 Å². The Bertz CT molecular complexity index is 1600. The van der Waals surface area contributed by atoms with Gasteiger partial charge in [0.2, 0.25) is 5.95 Å². The molecule has 0 aliphatic rings. The van der Waals surface area contributed by atoms with Gasteiger partial charge in [-0.25, -0.2) is 4.98 Å². The van der Waals surface area contributed by atoms with E-state index in [-0.39, 0.29) is 17.2 Å². The molecule has 11 heteroatoms. The monoisotopic (exact) mass is 504 g/mol. The number of nitrogens with one attached hydrogen (secondary N) is 3. The minimum atomic E-state index is -4.52. The summed E-state index contributed by atoms with van der Waals surface area (Å²) in [6.45, 7) is 0. The fourth-order valence-corrected chi connectivity index (χ4v) is 3.74. The summed E-state index contributed by atoms with van der Waals surface area (Å²) in [6.07, 6.45) is -0.896. The second-order valence-electron chi connectivity index (χ2n) is 7.95. The van der Waals surface area contributed by atoms with E-state index in [9.17, 15) is 18.0 Å². The van der Waals surface area contributed by atoms with E-state index < -0.39 is 11.7 Å². The van der Waals surface area contributed by atoms with Gasteiger partial charge >= 0.3 is 6.18 Å². The number of pyridine rings is 2. The highest BCUT2D eigenvalue weighted by Gasteiger charge is 2.34. The van der Waals surface area contributed by atoms with Crippen molar-refractivity contribution in [1.82, 2.24) is 25.3 Å².